The van der Waals surface area contributed by atoms with Gasteiger partial charge in [-0.3, -0.25) is 4.79 Å². The van der Waals surface area contributed by atoms with Gasteiger partial charge in [0.2, 0.25) is 5.91 Å². The van der Waals surface area contributed by atoms with Crippen LogP contribution in [0.2, 0.25) is 0 Å². The second kappa shape index (κ2) is 7.30. The Morgan fingerprint density at radius 2 is 2.33 bits per heavy atom. The first-order valence-electron chi connectivity index (χ1n) is 5.79. The van der Waals surface area contributed by atoms with Crippen LogP contribution in [0.15, 0.2) is 0 Å². The highest BCUT2D eigenvalue weighted by molar-refractivity contribution is 5.81. The highest BCUT2D eigenvalue weighted by Crippen LogP contribution is 2.08. The van der Waals surface area contributed by atoms with E-state index >= 15 is 0 Å². The van der Waals surface area contributed by atoms with E-state index in [9.17, 15) is 4.79 Å². The molecule has 1 fully saturated rings. The molecule has 0 saturated carbocycles. The third-order valence-electron chi connectivity index (χ3n) is 2.67. The molecule has 1 heterocycles. The minimum Gasteiger partial charge on any atom is -0.355 e. The molecule has 0 aromatic carbocycles. The minimum absolute atomic E-state index is 0.0123. The monoisotopic (exact) mass is 208 g/mol. The Morgan fingerprint density at radius 3 is 3.13 bits per heavy atom. The average Bonchev–Trinajstić information content (AvgIpc) is 2.52. The van der Waals surface area contributed by atoms with Crippen LogP contribution >= 0.6 is 0 Å². The van der Waals surface area contributed by atoms with Gasteiger partial charge in [0.25, 0.3) is 0 Å². The van der Waals surface area contributed by atoms with Crippen LogP contribution in [0, 0.1) is 12.3 Å². The summed E-state index contributed by atoms with van der Waals surface area (Å²) in [5.74, 6) is 2.70. The van der Waals surface area contributed by atoms with Gasteiger partial charge in [-0.1, -0.05) is 12.8 Å². The smallest absolute Gasteiger partial charge is 0.237 e. The van der Waals surface area contributed by atoms with Crippen molar-refractivity contribution in [2.45, 2.75) is 44.6 Å². The summed E-state index contributed by atoms with van der Waals surface area (Å²) in [7, 11) is 0. The van der Waals surface area contributed by atoms with E-state index in [-0.39, 0.29) is 11.9 Å². The molecule has 1 aliphatic heterocycles. The van der Waals surface area contributed by atoms with Crippen molar-refractivity contribution in [1.29, 1.82) is 0 Å². The van der Waals surface area contributed by atoms with Crippen LogP contribution < -0.4 is 10.6 Å². The van der Waals surface area contributed by atoms with Crippen molar-refractivity contribution in [1.82, 2.24) is 10.6 Å². The maximum atomic E-state index is 11.7. The van der Waals surface area contributed by atoms with Gasteiger partial charge in [-0.15, -0.1) is 12.3 Å². The molecule has 3 heteroatoms. The molecule has 1 atom stereocenters. The van der Waals surface area contributed by atoms with Crippen molar-refractivity contribution in [2.75, 3.05) is 13.1 Å². The van der Waals surface area contributed by atoms with Gasteiger partial charge in [-0.25, -0.2) is 0 Å². The zero-order valence-electron chi connectivity index (χ0n) is 9.22. The third kappa shape index (κ3) is 4.85. The summed E-state index contributed by atoms with van der Waals surface area (Å²) in [6, 6.07) is 0.0123. The van der Waals surface area contributed by atoms with Gasteiger partial charge in [0.05, 0.1) is 6.04 Å². The molecule has 1 unspecified atom stereocenters. The minimum atomic E-state index is 0.0123. The van der Waals surface area contributed by atoms with Gasteiger partial charge < -0.3 is 10.6 Å². The van der Waals surface area contributed by atoms with Crippen molar-refractivity contribution >= 4 is 5.91 Å². The molecule has 1 aliphatic rings. The number of rotatable bonds is 4. The topological polar surface area (TPSA) is 41.1 Å². The quantitative estimate of drug-likeness (QED) is 0.535. The molecule has 0 bridgehead atoms. The van der Waals surface area contributed by atoms with E-state index in [0.717, 1.165) is 32.2 Å². The largest absolute Gasteiger partial charge is 0.355 e. The van der Waals surface area contributed by atoms with Crippen LogP contribution in [0.4, 0.5) is 0 Å². The maximum absolute atomic E-state index is 11.7. The number of nitrogens with one attached hydrogen (secondary N) is 2. The van der Waals surface area contributed by atoms with Crippen LogP contribution in [0.25, 0.3) is 0 Å². The summed E-state index contributed by atoms with van der Waals surface area (Å²) in [5, 5.41) is 6.19. The number of amides is 1. The predicted molar refractivity (Wildman–Crippen MR) is 61.3 cm³/mol. The highest BCUT2D eigenvalue weighted by atomic mass is 16.2. The summed E-state index contributed by atoms with van der Waals surface area (Å²) in [6.45, 7) is 1.66. The standard InChI is InChI=1S/C12H20N2O/c1-2-3-6-10-14-12(15)11-8-5-4-7-9-13-11/h1,11,13H,3-10H2,(H,14,15). The predicted octanol–water partition coefficient (Wildman–Crippen LogP) is 1.05. The van der Waals surface area contributed by atoms with Crippen molar-refractivity contribution in [3.63, 3.8) is 0 Å². The number of unbranched alkanes of at least 4 members (excludes halogenated alkanes) is 1. The van der Waals surface area contributed by atoms with Gasteiger partial charge in [0.1, 0.15) is 0 Å². The Bertz CT molecular complexity index is 224. The fourth-order valence-corrected chi connectivity index (χ4v) is 1.78. The molecule has 84 valence electrons. The zero-order valence-corrected chi connectivity index (χ0v) is 9.22. The highest BCUT2D eigenvalue weighted by Gasteiger charge is 2.18. The average molecular weight is 208 g/mol. The lowest BCUT2D eigenvalue weighted by molar-refractivity contribution is -0.123. The number of terminal acetylenes is 1. The van der Waals surface area contributed by atoms with E-state index in [1.54, 1.807) is 0 Å². The van der Waals surface area contributed by atoms with Crippen LogP contribution in [0.3, 0.4) is 0 Å². The first kappa shape index (κ1) is 12.1. The van der Waals surface area contributed by atoms with Crippen molar-refractivity contribution in [3.05, 3.63) is 0 Å². The van der Waals surface area contributed by atoms with E-state index < -0.39 is 0 Å². The fraction of sp³-hybridized carbons (Fsp3) is 0.750. The Kier molecular flexibility index (Phi) is 5.87. The molecule has 0 radical (unpaired) electrons. The molecular weight excluding hydrogens is 188 g/mol. The van der Waals surface area contributed by atoms with Gasteiger partial charge in [-0.05, 0) is 25.8 Å². The number of carbonyl (C=O) groups is 1. The molecule has 3 nitrogen and oxygen atoms in total. The Morgan fingerprint density at radius 1 is 1.47 bits per heavy atom. The SMILES string of the molecule is C#CCCCNC(=O)C1CCCCCN1. The molecule has 15 heavy (non-hydrogen) atoms. The lowest BCUT2D eigenvalue weighted by atomic mass is 10.1. The molecule has 2 N–H and O–H groups in total. The summed E-state index contributed by atoms with van der Waals surface area (Å²) < 4.78 is 0. The second-order valence-electron chi connectivity index (χ2n) is 3.95. The van der Waals surface area contributed by atoms with Crippen molar-refractivity contribution < 1.29 is 4.79 Å². The summed E-state index contributed by atoms with van der Waals surface area (Å²) in [5.41, 5.74) is 0. The zero-order chi connectivity index (χ0) is 10.9. The normalized spacial score (nSPS) is 21.4. The van der Waals surface area contributed by atoms with Gasteiger partial charge in [0, 0.05) is 13.0 Å². The molecule has 0 aromatic heterocycles. The number of hydrogen-bond acceptors (Lipinski definition) is 2. The molecule has 1 rings (SSSR count). The first-order valence-corrected chi connectivity index (χ1v) is 5.79. The van der Waals surface area contributed by atoms with E-state index in [4.69, 9.17) is 6.42 Å². The molecule has 1 amide bonds. The maximum Gasteiger partial charge on any atom is 0.237 e. The van der Waals surface area contributed by atoms with Crippen LogP contribution in [0.1, 0.15) is 38.5 Å². The van der Waals surface area contributed by atoms with Crippen molar-refractivity contribution in [2.24, 2.45) is 0 Å². The van der Waals surface area contributed by atoms with Crippen LogP contribution in [0.5, 0.6) is 0 Å². The summed E-state index contributed by atoms with van der Waals surface area (Å²) in [6.07, 6.45) is 11.3. The summed E-state index contributed by atoms with van der Waals surface area (Å²) in [4.78, 5) is 11.7. The van der Waals surface area contributed by atoms with E-state index in [1.165, 1.54) is 12.8 Å². The second-order valence-corrected chi connectivity index (χ2v) is 3.95. The van der Waals surface area contributed by atoms with Gasteiger partial charge >= 0.3 is 0 Å². The molecule has 1 saturated heterocycles. The first-order chi connectivity index (χ1) is 7.34. The molecular formula is C12H20N2O. The van der Waals surface area contributed by atoms with Crippen LogP contribution in [-0.2, 0) is 4.79 Å². The number of hydrogen-bond donors (Lipinski definition) is 2. The Hall–Kier alpha value is -1.01. The van der Waals surface area contributed by atoms with E-state index in [0.29, 0.717) is 6.54 Å². The molecule has 0 aromatic rings. The molecule has 0 aliphatic carbocycles. The lowest BCUT2D eigenvalue weighted by Gasteiger charge is -2.15. The third-order valence-corrected chi connectivity index (χ3v) is 2.67. The van der Waals surface area contributed by atoms with E-state index in [1.807, 2.05) is 0 Å². The Labute approximate surface area is 92.0 Å². The van der Waals surface area contributed by atoms with E-state index in [2.05, 4.69) is 16.6 Å². The fourth-order valence-electron chi connectivity index (χ4n) is 1.78. The summed E-state index contributed by atoms with van der Waals surface area (Å²) >= 11 is 0. The number of carbonyl (C=O) groups excluding carboxylic acids is 1. The van der Waals surface area contributed by atoms with Crippen LogP contribution in [-0.4, -0.2) is 25.0 Å². The Balaban J connectivity index is 2.17. The molecule has 0 spiro atoms. The van der Waals surface area contributed by atoms with Gasteiger partial charge in [-0.2, -0.15) is 0 Å². The van der Waals surface area contributed by atoms with Gasteiger partial charge in [0.15, 0.2) is 0 Å². The lowest BCUT2D eigenvalue weighted by Crippen LogP contribution is -2.43. The van der Waals surface area contributed by atoms with Crippen molar-refractivity contribution in [3.8, 4) is 12.3 Å².